The fraction of sp³-hybridized carbons (Fsp3) is 0.500. The van der Waals surface area contributed by atoms with Gasteiger partial charge in [0.05, 0.1) is 18.5 Å². The number of aromatic nitrogens is 2. The number of alkyl halides is 3. The molecule has 31 heavy (non-hydrogen) atoms. The molecule has 9 heteroatoms. The Labute approximate surface area is 179 Å². The van der Waals surface area contributed by atoms with Gasteiger partial charge in [-0.05, 0) is 51.0 Å². The van der Waals surface area contributed by atoms with Gasteiger partial charge in [0.2, 0.25) is 0 Å². The molecule has 3 rings (SSSR count). The van der Waals surface area contributed by atoms with E-state index in [1.54, 1.807) is 0 Å². The van der Waals surface area contributed by atoms with Crippen molar-refractivity contribution in [2.45, 2.75) is 58.2 Å². The second-order valence-electron chi connectivity index (χ2n) is 7.47. The lowest BCUT2D eigenvalue weighted by Crippen LogP contribution is -2.41. The molecule has 0 unspecified atom stereocenters. The van der Waals surface area contributed by atoms with Gasteiger partial charge in [0, 0.05) is 18.2 Å². The van der Waals surface area contributed by atoms with Crippen LogP contribution in [-0.2, 0) is 10.9 Å². The maximum absolute atomic E-state index is 13.7. The third-order valence-electron chi connectivity index (χ3n) is 5.51. The van der Waals surface area contributed by atoms with Crippen LogP contribution in [0.5, 0.6) is 0 Å². The largest absolute Gasteiger partial charge is 0.462 e. The molecule has 2 aromatic rings. The predicted molar refractivity (Wildman–Crippen MR) is 108 cm³/mol. The average molecular weight is 437 g/mol. The van der Waals surface area contributed by atoms with Crippen molar-refractivity contribution in [3.8, 4) is 5.69 Å². The van der Waals surface area contributed by atoms with E-state index in [2.05, 4.69) is 5.10 Å². The van der Waals surface area contributed by atoms with Gasteiger partial charge in [-0.3, -0.25) is 4.79 Å². The lowest BCUT2D eigenvalue weighted by atomic mass is 9.93. The zero-order valence-electron chi connectivity index (χ0n) is 17.6. The highest BCUT2D eigenvalue weighted by Crippen LogP contribution is 2.34. The smallest absolute Gasteiger partial charge is 0.434 e. The monoisotopic (exact) mass is 437 g/mol. The lowest BCUT2D eigenvalue weighted by Gasteiger charge is -2.33. The van der Waals surface area contributed by atoms with Crippen molar-refractivity contribution < 1.29 is 27.5 Å². The SMILES string of the molecule is CCOC(=O)c1cnn(-c2ccc(C(=O)N(CC)C3CCCCC3)cc2)c1C(F)(F)F. The molecule has 1 aromatic heterocycles. The minimum atomic E-state index is -4.81. The molecule has 168 valence electrons. The number of esters is 1. The van der Waals surface area contributed by atoms with Gasteiger partial charge in [-0.1, -0.05) is 19.3 Å². The summed E-state index contributed by atoms with van der Waals surface area (Å²) in [6.45, 7) is 3.97. The zero-order valence-corrected chi connectivity index (χ0v) is 17.6. The van der Waals surface area contributed by atoms with E-state index in [1.807, 2.05) is 11.8 Å². The first-order valence-corrected chi connectivity index (χ1v) is 10.5. The van der Waals surface area contributed by atoms with E-state index < -0.39 is 23.4 Å². The Balaban J connectivity index is 1.89. The normalized spacial score (nSPS) is 15.0. The molecular formula is C22H26F3N3O3. The first kappa shape index (κ1) is 22.8. The van der Waals surface area contributed by atoms with Gasteiger partial charge in [0.25, 0.3) is 5.91 Å². The van der Waals surface area contributed by atoms with Crippen molar-refractivity contribution >= 4 is 11.9 Å². The van der Waals surface area contributed by atoms with Crippen molar-refractivity contribution in [3.63, 3.8) is 0 Å². The maximum Gasteiger partial charge on any atom is 0.434 e. The average Bonchev–Trinajstić information content (AvgIpc) is 3.21. The molecule has 1 amide bonds. The number of hydrogen-bond donors (Lipinski definition) is 0. The number of carbonyl (C=O) groups excluding carboxylic acids is 2. The molecule has 1 fully saturated rings. The van der Waals surface area contributed by atoms with Crippen LogP contribution in [0.1, 0.15) is 72.4 Å². The molecule has 1 aliphatic rings. The van der Waals surface area contributed by atoms with Crippen molar-refractivity contribution in [2.24, 2.45) is 0 Å². The van der Waals surface area contributed by atoms with Crippen LogP contribution in [0, 0.1) is 0 Å². The number of nitrogens with zero attached hydrogens (tertiary/aromatic N) is 3. The van der Waals surface area contributed by atoms with Gasteiger partial charge in [-0.15, -0.1) is 0 Å². The van der Waals surface area contributed by atoms with Gasteiger partial charge < -0.3 is 9.64 Å². The molecule has 6 nitrogen and oxygen atoms in total. The second kappa shape index (κ2) is 9.53. The molecule has 0 spiro atoms. The van der Waals surface area contributed by atoms with E-state index in [1.165, 1.54) is 37.6 Å². The van der Waals surface area contributed by atoms with Crippen molar-refractivity contribution in [1.82, 2.24) is 14.7 Å². The summed E-state index contributed by atoms with van der Waals surface area (Å²) in [7, 11) is 0. The van der Waals surface area contributed by atoms with Crippen LogP contribution in [-0.4, -0.2) is 45.8 Å². The van der Waals surface area contributed by atoms with E-state index in [0.29, 0.717) is 16.8 Å². The van der Waals surface area contributed by atoms with Gasteiger partial charge >= 0.3 is 12.1 Å². The summed E-state index contributed by atoms with van der Waals surface area (Å²) in [5.74, 6) is -1.22. The lowest BCUT2D eigenvalue weighted by molar-refractivity contribution is -0.143. The molecule has 0 radical (unpaired) electrons. The Morgan fingerprint density at radius 3 is 2.32 bits per heavy atom. The van der Waals surface area contributed by atoms with E-state index >= 15 is 0 Å². The predicted octanol–water partition coefficient (Wildman–Crippen LogP) is 4.86. The molecule has 1 heterocycles. The third kappa shape index (κ3) is 4.91. The summed E-state index contributed by atoms with van der Waals surface area (Å²) >= 11 is 0. The Hall–Kier alpha value is -2.84. The fourth-order valence-electron chi connectivity index (χ4n) is 4.05. The number of amides is 1. The highest BCUT2D eigenvalue weighted by atomic mass is 19.4. The van der Waals surface area contributed by atoms with Gasteiger partial charge in [0.15, 0.2) is 5.69 Å². The van der Waals surface area contributed by atoms with Gasteiger partial charge in [-0.25, -0.2) is 9.48 Å². The van der Waals surface area contributed by atoms with Crippen LogP contribution in [0.2, 0.25) is 0 Å². The Kier molecular flexibility index (Phi) is 7.02. The van der Waals surface area contributed by atoms with Crippen molar-refractivity contribution in [3.05, 3.63) is 47.3 Å². The van der Waals surface area contributed by atoms with Crippen LogP contribution < -0.4 is 0 Å². The summed E-state index contributed by atoms with van der Waals surface area (Å²) < 4.78 is 46.4. The summed E-state index contributed by atoms with van der Waals surface area (Å²) in [6, 6.07) is 5.99. The quantitative estimate of drug-likeness (QED) is 0.606. The topological polar surface area (TPSA) is 64.4 Å². The Morgan fingerprint density at radius 2 is 1.77 bits per heavy atom. The molecule has 0 N–H and O–H groups in total. The first-order valence-electron chi connectivity index (χ1n) is 10.5. The molecule has 0 bridgehead atoms. The van der Waals surface area contributed by atoms with Crippen molar-refractivity contribution in [2.75, 3.05) is 13.2 Å². The standard InChI is InChI=1S/C22H26F3N3O3/c1-3-27(16-8-6-5-7-9-16)20(29)15-10-12-17(13-11-15)28-19(22(23,24)25)18(14-26-28)21(30)31-4-2/h10-14,16H,3-9H2,1-2H3. The molecule has 1 aliphatic carbocycles. The minimum Gasteiger partial charge on any atom is -0.462 e. The Morgan fingerprint density at radius 1 is 1.13 bits per heavy atom. The summed E-state index contributed by atoms with van der Waals surface area (Å²) in [5.41, 5.74) is -1.35. The summed E-state index contributed by atoms with van der Waals surface area (Å²) in [5, 5.41) is 3.76. The van der Waals surface area contributed by atoms with Crippen LogP contribution in [0.3, 0.4) is 0 Å². The number of halogens is 3. The molecule has 1 saturated carbocycles. The first-order chi connectivity index (χ1) is 14.8. The number of benzene rings is 1. The number of ether oxygens (including phenoxy) is 1. The molecule has 0 aliphatic heterocycles. The van der Waals surface area contributed by atoms with Crippen LogP contribution >= 0.6 is 0 Å². The molecule has 0 atom stereocenters. The molecule has 0 saturated heterocycles. The fourth-order valence-corrected chi connectivity index (χ4v) is 4.05. The van der Waals surface area contributed by atoms with Crippen LogP contribution in [0.15, 0.2) is 30.5 Å². The van der Waals surface area contributed by atoms with Gasteiger partial charge in [0.1, 0.15) is 5.56 Å². The third-order valence-corrected chi connectivity index (χ3v) is 5.51. The maximum atomic E-state index is 13.7. The van der Waals surface area contributed by atoms with Crippen LogP contribution in [0.25, 0.3) is 5.69 Å². The van der Waals surface area contributed by atoms with Gasteiger partial charge in [-0.2, -0.15) is 18.3 Å². The van der Waals surface area contributed by atoms with Crippen LogP contribution in [0.4, 0.5) is 13.2 Å². The summed E-state index contributed by atoms with van der Waals surface area (Å²) in [6.07, 6.45) is 1.34. The molecule has 1 aromatic carbocycles. The summed E-state index contributed by atoms with van der Waals surface area (Å²) in [4.78, 5) is 26.7. The zero-order chi connectivity index (χ0) is 22.6. The second-order valence-corrected chi connectivity index (χ2v) is 7.47. The highest BCUT2D eigenvalue weighted by molar-refractivity contribution is 5.94. The van der Waals surface area contributed by atoms with Crippen molar-refractivity contribution in [1.29, 1.82) is 0 Å². The number of carbonyl (C=O) groups is 2. The number of hydrogen-bond acceptors (Lipinski definition) is 4. The highest BCUT2D eigenvalue weighted by Gasteiger charge is 2.41. The number of rotatable bonds is 6. The van der Waals surface area contributed by atoms with E-state index in [9.17, 15) is 22.8 Å². The van der Waals surface area contributed by atoms with E-state index in [-0.39, 0.29) is 24.2 Å². The van der Waals surface area contributed by atoms with E-state index in [0.717, 1.165) is 31.9 Å². The molecular weight excluding hydrogens is 411 g/mol. The Bertz CT molecular complexity index is 916. The van der Waals surface area contributed by atoms with E-state index in [4.69, 9.17) is 4.74 Å². The minimum absolute atomic E-state index is 0.0486.